The molecule has 1 atom stereocenters. The maximum atomic E-state index is 5.65. The molecule has 0 aromatic rings. The van der Waals surface area contributed by atoms with Crippen LogP contribution in [0, 0.1) is 0 Å². The van der Waals surface area contributed by atoms with Crippen molar-refractivity contribution in [2.24, 2.45) is 5.73 Å². The molecule has 0 saturated carbocycles. The third-order valence-corrected chi connectivity index (χ3v) is 1.61. The molecule has 0 amide bonds. The van der Waals surface area contributed by atoms with Crippen LogP contribution in [0.3, 0.4) is 0 Å². The smallest absolute Gasteiger partial charge is 0.105 e. The second kappa shape index (κ2) is 2.87. The van der Waals surface area contributed by atoms with Gasteiger partial charge in [0.15, 0.2) is 0 Å². The van der Waals surface area contributed by atoms with Gasteiger partial charge in [0.2, 0.25) is 0 Å². The average molecular weight is 127 g/mol. The van der Waals surface area contributed by atoms with Gasteiger partial charge in [-0.25, -0.2) is 0 Å². The normalized spacial score (nSPS) is 29.0. The van der Waals surface area contributed by atoms with Crippen LogP contribution in [0.4, 0.5) is 0 Å². The number of rotatable bonds is 0. The summed E-state index contributed by atoms with van der Waals surface area (Å²) in [6, 6.07) is 0.0764. The highest BCUT2D eigenvalue weighted by Crippen LogP contribution is 2.12. The fourth-order valence-electron chi connectivity index (χ4n) is 0.938. The summed E-state index contributed by atoms with van der Waals surface area (Å²) in [5, 5.41) is 0. The first kappa shape index (κ1) is 6.62. The summed E-state index contributed by atoms with van der Waals surface area (Å²) in [6.07, 6.45) is 3.31. The Morgan fingerprint density at radius 3 is 3.11 bits per heavy atom. The van der Waals surface area contributed by atoms with Gasteiger partial charge in [0.05, 0.1) is 12.6 Å². The van der Waals surface area contributed by atoms with Gasteiger partial charge in [0.25, 0.3) is 0 Å². The Bertz CT molecular complexity index is 111. The minimum Gasteiger partial charge on any atom is -0.497 e. The third-order valence-electron chi connectivity index (χ3n) is 1.61. The Kier molecular flexibility index (Phi) is 2.11. The lowest BCUT2D eigenvalue weighted by Crippen LogP contribution is -2.21. The highest BCUT2D eigenvalue weighted by Gasteiger charge is 2.11. The van der Waals surface area contributed by atoms with Crippen molar-refractivity contribution >= 4 is 0 Å². The van der Waals surface area contributed by atoms with Crippen LogP contribution in [0.1, 0.15) is 19.3 Å². The fourth-order valence-corrected chi connectivity index (χ4v) is 0.938. The van der Waals surface area contributed by atoms with Crippen molar-refractivity contribution < 1.29 is 4.74 Å². The molecule has 1 fully saturated rings. The fraction of sp³-hybridized carbons (Fsp3) is 0.714. The Hall–Kier alpha value is -0.500. The summed E-state index contributed by atoms with van der Waals surface area (Å²) in [4.78, 5) is 0. The average Bonchev–Trinajstić information content (AvgIpc) is 1.99. The summed E-state index contributed by atoms with van der Waals surface area (Å²) < 4.78 is 5.20. The SMILES string of the molecule is C=C1OCCCCC1N. The van der Waals surface area contributed by atoms with Gasteiger partial charge in [0.1, 0.15) is 5.76 Å². The molecular formula is C7H13NO. The molecule has 1 aliphatic heterocycles. The summed E-state index contributed by atoms with van der Waals surface area (Å²) in [7, 11) is 0. The van der Waals surface area contributed by atoms with Crippen molar-refractivity contribution in [3.05, 3.63) is 12.3 Å². The Labute approximate surface area is 55.7 Å². The van der Waals surface area contributed by atoms with Crippen LogP contribution in [-0.2, 0) is 4.74 Å². The Balaban J connectivity index is 2.41. The van der Waals surface area contributed by atoms with E-state index in [9.17, 15) is 0 Å². The Morgan fingerprint density at radius 2 is 2.33 bits per heavy atom. The number of ether oxygens (including phenoxy) is 1. The van der Waals surface area contributed by atoms with Gasteiger partial charge in [-0.15, -0.1) is 0 Å². The molecule has 2 N–H and O–H groups in total. The van der Waals surface area contributed by atoms with E-state index < -0.39 is 0 Å². The first-order chi connectivity index (χ1) is 4.30. The minimum atomic E-state index is 0.0764. The maximum absolute atomic E-state index is 5.65. The zero-order valence-electron chi connectivity index (χ0n) is 5.60. The molecule has 1 heterocycles. The molecule has 1 rings (SSSR count). The van der Waals surface area contributed by atoms with E-state index in [2.05, 4.69) is 6.58 Å². The Morgan fingerprint density at radius 1 is 1.56 bits per heavy atom. The van der Waals surface area contributed by atoms with E-state index in [1.165, 1.54) is 6.42 Å². The second-order valence-electron chi connectivity index (χ2n) is 2.42. The summed E-state index contributed by atoms with van der Waals surface area (Å²) in [6.45, 7) is 4.51. The molecule has 2 nitrogen and oxygen atoms in total. The second-order valence-corrected chi connectivity index (χ2v) is 2.42. The molecule has 0 radical (unpaired) electrons. The van der Waals surface area contributed by atoms with Crippen LogP contribution >= 0.6 is 0 Å². The topological polar surface area (TPSA) is 35.2 Å². The lowest BCUT2D eigenvalue weighted by Gasteiger charge is -2.09. The highest BCUT2D eigenvalue weighted by atomic mass is 16.5. The molecule has 0 spiro atoms. The van der Waals surface area contributed by atoms with Crippen molar-refractivity contribution in [1.82, 2.24) is 0 Å². The van der Waals surface area contributed by atoms with E-state index in [1.54, 1.807) is 0 Å². The van der Waals surface area contributed by atoms with Gasteiger partial charge >= 0.3 is 0 Å². The van der Waals surface area contributed by atoms with E-state index in [4.69, 9.17) is 10.5 Å². The number of nitrogens with two attached hydrogens (primary N) is 1. The van der Waals surface area contributed by atoms with Gasteiger partial charge in [-0.1, -0.05) is 6.58 Å². The first-order valence-electron chi connectivity index (χ1n) is 3.38. The van der Waals surface area contributed by atoms with Crippen LogP contribution in [0.25, 0.3) is 0 Å². The molecular weight excluding hydrogens is 114 g/mol. The van der Waals surface area contributed by atoms with Crippen LogP contribution in [0.2, 0.25) is 0 Å². The largest absolute Gasteiger partial charge is 0.497 e. The predicted octanol–water partition coefficient (Wildman–Crippen LogP) is 1.03. The maximum Gasteiger partial charge on any atom is 0.105 e. The number of hydrogen-bond acceptors (Lipinski definition) is 2. The van der Waals surface area contributed by atoms with Crippen LogP contribution in [-0.4, -0.2) is 12.6 Å². The van der Waals surface area contributed by atoms with Crippen molar-refractivity contribution in [3.8, 4) is 0 Å². The van der Waals surface area contributed by atoms with E-state index in [0.717, 1.165) is 25.2 Å². The van der Waals surface area contributed by atoms with Gasteiger partial charge in [-0.3, -0.25) is 0 Å². The molecule has 1 unspecified atom stereocenters. The van der Waals surface area contributed by atoms with Gasteiger partial charge < -0.3 is 10.5 Å². The quantitative estimate of drug-likeness (QED) is 0.527. The summed E-state index contributed by atoms with van der Waals surface area (Å²) in [5.41, 5.74) is 5.65. The molecule has 1 saturated heterocycles. The van der Waals surface area contributed by atoms with E-state index >= 15 is 0 Å². The predicted molar refractivity (Wildman–Crippen MR) is 36.9 cm³/mol. The van der Waals surface area contributed by atoms with E-state index in [0.29, 0.717) is 0 Å². The van der Waals surface area contributed by atoms with E-state index in [1.807, 2.05) is 0 Å². The highest BCUT2D eigenvalue weighted by molar-refractivity contribution is 4.95. The van der Waals surface area contributed by atoms with Crippen molar-refractivity contribution in [1.29, 1.82) is 0 Å². The van der Waals surface area contributed by atoms with Crippen molar-refractivity contribution in [2.45, 2.75) is 25.3 Å². The number of hydrogen-bond donors (Lipinski definition) is 1. The van der Waals surface area contributed by atoms with Crippen LogP contribution in [0.15, 0.2) is 12.3 Å². The standard InChI is InChI=1S/C7H13NO/c1-6-7(8)4-2-3-5-9-6/h7H,1-5,8H2. The molecule has 0 aromatic carbocycles. The van der Waals surface area contributed by atoms with Gasteiger partial charge in [0, 0.05) is 0 Å². The van der Waals surface area contributed by atoms with E-state index in [-0.39, 0.29) is 6.04 Å². The molecule has 1 aliphatic rings. The van der Waals surface area contributed by atoms with Gasteiger partial charge in [-0.2, -0.15) is 0 Å². The zero-order valence-corrected chi connectivity index (χ0v) is 5.60. The van der Waals surface area contributed by atoms with Crippen molar-refractivity contribution in [2.75, 3.05) is 6.61 Å². The lowest BCUT2D eigenvalue weighted by molar-refractivity contribution is 0.208. The van der Waals surface area contributed by atoms with Crippen LogP contribution < -0.4 is 5.73 Å². The summed E-state index contributed by atoms with van der Waals surface area (Å²) in [5.74, 6) is 0.757. The molecule has 9 heavy (non-hydrogen) atoms. The molecule has 0 aliphatic carbocycles. The zero-order chi connectivity index (χ0) is 6.69. The van der Waals surface area contributed by atoms with Gasteiger partial charge in [-0.05, 0) is 19.3 Å². The monoisotopic (exact) mass is 127 g/mol. The lowest BCUT2D eigenvalue weighted by atomic mass is 10.1. The van der Waals surface area contributed by atoms with Crippen molar-refractivity contribution in [3.63, 3.8) is 0 Å². The first-order valence-corrected chi connectivity index (χ1v) is 3.38. The minimum absolute atomic E-state index is 0.0764. The third kappa shape index (κ3) is 1.72. The molecule has 2 heteroatoms. The molecule has 0 bridgehead atoms. The molecule has 52 valence electrons. The summed E-state index contributed by atoms with van der Waals surface area (Å²) >= 11 is 0. The van der Waals surface area contributed by atoms with Crippen LogP contribution in [0.5, 0.6) is 0 Å². The molecule has 0 aromatic heterocycles.